The summed E-state index contributed by atoms with van der Waals surface area (Å²) in [5, 5.41) is 2.92. The van der Waals surface area contributed by atoms with Crippen LogP contribution in [0.2, 0.25) is 5.02 Å². The van der Waals surface area contributed by atoms with Crippen LogP contribution in [-0.4, -0.2) is 58.1 Å². The summed E-state index contributed by atoms with van der Waals surface area (Å²) >= 11 is 6.02. The van der Waals surface area contributed by atoms with E-state index < -0.39 is 28.5 Å². The van der Waals surface area contributed by atoms with Crippen molar-refractivity contribution < 1.29 is 22.7 Å². The highest BCUT2D eigenvalue weighted by Gasteiger charge is 2.31. The van der Waals surface area contributed by atoms with E-state index in [-0.39, 0.29) is 18.1 Å². The Labute approximate surface area is 194 Å². The van der Waals surface area contributed by atoms with Crippen LogP contribution in [0.15, 0.2) is 48.5 Å². The zero-order valence-electron chi connectivity index (χ0n) is 18.5. The third-order valence-corrected chi connectivity index (χ3v) is 6.30. The fraction of sp³-hybridized carbons (Fsp3) is 0.364. The number of nitrogens with zero attached hydrogens (tertiary/aromatic N) is 2. The molecule has 174 valence electrons. The molecule has 0 saturated heterocycles. The Balaban J connectivity index is 2.41. The quantitative estimate of drug-likeness (QED) is 0.562. The Morgan fingerprint density at radius 3 is 2.31 bits per heavy atom. The first-order chi connectivity index (χ1) is 15.1. The van der Waals surface area contributed by atoms with Gasteiger partial charge in [-0.15, -0.1) is 0 Å². The number of rotatable bonds is 10. The van der Waals surface area contributed by atoms with E-state index in [1.807, 2.05) is 0 Å². The molecular weight excluding hydrogens is 454 g/mol. The molecule has 2 aromatic rings. The Morgan fingerprint density at radius 2 is 1.81 bits per heavy atom. The smallest absolute Gasteiger partial charge is 0.244 e. The molecule has 2 amide bonds. The maximum Gasteiger partial charge on any atom is 0.244 e. The van der Waals surface area contributed by atoms with Crippen LogP contribution in [0.5, 0.6) is 5.75 Å². The average molecular weight is 482 g/mol. The van der Waals surface area contributed by atoms with Crippen LogP contribution in [0.25, 0.3) is 0 Å². The number of benzene rings is 2. The zero-order valence-corrected chi connectivity index (χ0v) is 20.1. The van der Waals surface area contributed by atoms with Crippen molar-refractivity contribution in [2.45, 2.75) is 25.9 Å². The van der Waals surface area contributed by atoms with E-state index in [4.69, 9.17) is 16.3 Å². The van der Waals surface area contributed by atoms with Crippen molar-refractivity contribution in [2.24, 2.45) is 0 Å². The molecule has 0 fully saturated rings. The van der Waals surface area contributed by atoms with Crippen molar-refractivity contribution in [3.05, 3.63) is 59.1 Å². The summed E-state index contributed by atoms with van der Waals surface area (Å²) in [5.74, 6) is -0.182. The lowest BCUT2D eigenvalue weighted by Crippen LogP contribution is -2.51. The van der Waals surface area contributed by atoms with Gasteiger partial charge >= 0.3 is 0 Å². The number of likely N-dealkylation sites (N-methyl/N-ethyl adjacent to an activating group) is 1. The van der Waals surface area contributed by atoms with Gasteiger partial charge in [-0.3, -0.25) is 13.9 Å². The van der Waals surface area contributed by atoms with Gasteiger partial charge in [-0.2, -0.15) is 0 Å². The molecule has 0 aromatic heterocycles. The standard InChI is InChI=1S/C22H28ClN3O5S/c1-5-20(22(28)24-2)25(14-16-9-11-19(31-3)12-10-16)21(27)15-26(32(4,29)30)18-8-6-7-17(23)13-18/h6-13,20H,5,14-15H2,1-4H3,(H,24,28). The number of carbonyl (C=O) groups is 2. The molecule has 8 nitrogen and oxygen atoms in total. The molecule has 2 aromatic carbocycles. The van der Waals surface area contributed by atoms with Gasteiger partial charge in [0.25, 0.3) is 0 Å². The number of anilines is 1. The predicted molar refractivity (Wildman–Crippen MR) is 125 cm³/mol. The van der Waals surface area contributed by atoms with Crippen molar-refractivity contribution in [3.63, 3.8) is 0 Å². The van der Waals surface area contributed by atoms with E-state index in [1.165, 1.54) is 18.0 Å². The van der Waals surface area contributed by atoms with Crippen molar-refractivity contribution in [3.8, 4) is 5.75 Å². The molecule has 0 aliphatic carbocycles. The maximum atomic E-state index is 13.4. The monoisotopic (exact) mass is 481 g/mol. The summed E-state index contributed by atoms with van der Waals surface area (Å²) in [5.41, 5.74) is 1.04. The normalized spacial score (nSPS) is 12.0. The fourth-order valence-electron chi connectivity index (χ4n) is 3.26. The average Bonchev–Trinajstić information content (AvgIpc) is 2.76. The minimum atomic E-state index is -3.79. The molecular formula is C22H28ClN3O5S. The molecule has 0 bridgehead atoms. The molecule has 1 N–H and O–H groups in total. The summed E-state index contributed by atoms with van der Waals surface area (Å²) in [6.45, 7) is 1.45. The van der Waals surface area contributed by atoms with Gasteiger partial charge in [0, 0.05) is 18.6 Å². The first-order valence-corrected chi connectivity index (χ1v) is 12.2. The molecule has 1 atom stereocenters. The molecule has 0 saturated carbocycles. The van der Waals surface area contributed by atoms with Gasteiger partial charge in [-0.1, -0.05) is 36.7 Å². The van der Waals surface area contributed by atoms with E-state index in [9.17, 15) is 18.0 Å². The largest absolute Gasteiger partial charge is 0.497 e. The third kappa shape index (κ3) is 6.61. The number of nitrogens with one attached hydrogen (secondary N) is 1. The van der Waals surface area contributed by atoms with Crippen LogP contribution in [0.1, 0.15) is 18.9 Å². The van der Waals surface area contributed by atoms with Crippen LogP contribution in [-0.2, 0) is 26.2 Å². The Kier molecular flexibility index (Phi) is 8.91. The molecule has 1 unspecified atom stereocenters. The molecule has 10 heteroatoms. The summed E-state index contributed by atoms with van der Waals surface area (Å²) in [6.07, 6.45) is 1.38. The van der Waals surface area contributed by atoms with Gasteiger partial charge in [-0.25, -0.2) is 8.42 Å². The van der Waals surface area contributed by atoms with Crippen molar-refractivity contribution >= 4 is 39.1 Å². The highest BCUT2D eigenvalue weighted by molar-refractivity contribution is 7.92. The molecule has 0 heterocycles. The lowest BCUT2D eigenvalue weighted by atomic mass is 10.1. The summed E-state index contributed by atoms with van der Waals surface area (Å²) < 4.78 is 31.1. The SMILES string of the molecule is CCC(C(=O)NC)N(Cc1ccc(OC)cc1)C(=O)CN(c1cccc(Cl)c1)S(C)(=O)=O. The number of hydrogen-bond acceptors (Lipinski definition) is 5. The lowest BCUT2D eigenvalue weighted by Gasteiger charge is -2.32. The Hall–Kier alpha value is -2.78. The van der Waals surface area contributed by atoms with Gasteiger partial charge in [0.2, 0.25) is 21.8 Å². The van der Waals surface area contributed by atoms with Gasteiger partial charge < -0.3 is 15.0 Å². The number of carbonyl (C=O) groups excluding carboxylic acids is 2. The number of sulfonamides is 1. The first kappa shape index (κ1) is 25.5. The Morgan fingerprint density at radius 1 is 1.16 bits per heavy atom. The van der Waals surface area contributed by atoms with E-state index in [0.717, 1.165) is 16.1 Å². The highest BCUT2D eigenvalue weighted by atomic mass is 35.5. The van der Waals surface area contributed by atoms with Gasteiger partial charge in [0.05, 0.1) is 19.1 Å². The minimum absolute atomic E-state index is 0.127. The topological polar surface area (TPSA) is 96.0 Å². The van der Waals surface area contributed by atoms with Crippen LogP contribution in [0.3, 0.4) is 0 Å². The van der Waals surface area contributed by atoms with Gasteiger partial charge in [-0.05, 0) is 42.3 Å². The third-order valence-electron chi connectivity index (χ3n) is 4.92. The van der Waals surface area contributed by atoms with Crippen LogP contribution in [0.4, 0.5) is 5.69 Å². The molecule has 32 heavy (non-hydrogen) atoms. The van der Waals surface area contributed by atoms with Crippen LogP contribution in [0, 0.1) is 0 Å². The zero-order chi connectivity index (χ0) is 23.9. The van der Waals surface area contributed by atoms with Crippen LogP contribution < -0.4 is 14.4 Å². The second-order valence-electron chi connectivity index (χ2n) is 7.16. The van der Waals surface area contributed by atoms with Crippen molar-refractivity contribution in [2.75, 3.05) is 31.3 Å². The second kappa shape index (κ2) is 11.2. The van der Waals surface area contributed by atoms with Gasteiger partial charge in [0.15, 0.2) is 0 Å². The first-order valence-electron chi connectivity index (χ1n) is 9.98. The molecule has 0 aliphatic rings. The number of methoxy groups -OCH3 is 1. The van der Waals surface area contributed by atoms with E-state index in [2.05, 4.69) is 5.32 Å². The lowest BCUT2D eigenvalue weighted by molar-refractivity contribution is -0.140. The fourth-order valence-corrected chi connectivity index (χ4v) is 4.28. The number of ether oxygens (including phenoxy) is 1. The number of halogens is 1. The maximum absolute atomic E-state index is 13.4. The van der Waals surface area contributed by atoms with Crippen molar-refractivity contribution in [1.29, 1.82) is 0 Å². The van der Waals surface area contributed by atoms with E-state index in [1.54, 1.807) is 56.5 Å². The highest BCUT2D eigenvalue weighted by Crippen LogP contribution is 2.23. The molecule has 2 rings (SSSR count). The van der Waals surface area contributed by atoms with Crippen molar-refractivity contribution in [1.82, 2.24) is 10.2 Å². The molecule has 0 radical (unpaired) electrons. The minimum Gasteiger partial charge on any atom is -0.497 e. The molecule has 0 aliphatic heterocycles. The summed E-state index contributed by atoms with van der Waals surface area (Å²) in [6, 6.07) is 12.6. The number of hydrogen-bond donors (Lipinski definition) is 1. The van der Waals surface area contributed by atoms with Gasteiger partial charge in [0.1, 0.15) is 18.3 Å². The van der Waals surface area contributed by atoms with Crippen LogP contribution >= 0.6 is 11.6 Å². The number of amides is 2. The Bertz CT molecular complexity index is 1040. The summed E-state index contributed by atoms with van der Waals surface area (Å²) in [4.78, 5) is 27.3. The van der Waals surface area contributed by atoms with E-state index >= 15 is 0 Å². The van der Waals surface area contributed by atoms with E-state index in [0.29, 0.717) is 17.2 Å². The molecule has 0 spiro atoms. The predicted octanol–water partition coefficient (Wildman–Crippen LogP) is 2.67. The second-order valence-corrected chi connectivity index (χ2v) is 9.50. The summed E-state index contributed by atoms with van der Waals surface area (Å²) in [7, 11) is -0.743.